The van der Waals surface area contributed by atoms with E-state index in [4.69, 9.17) is 15.9 Å². The van der Waals surface area contributed by atoms with E-state index in [1.54, 1.807) is 0 Å². The molecule has 272 valence electrons. The van der Waals surface area contributed by atoms with Gasteiger partial charge in [0.1, 0.15) is 6.61 Å². The van der Waals surface area contributed by atoms with Gasteiger partial charge in [-0.15, -0.1) is 0 Å². The van der Waals surface area contributed by atoms with Crippen LogP contribution in [0.2, 0.25) is 0 Å². The lowest BCUT2D eigenvalue weighted by Gasteiger charge is -2.22. The van der Waals surface area contributed by atoms with E-state index < -0.39 is 0 Å². The van der Waals surface area contributed by atoms with Crippen molar-refractivity contribution in [3.05, 3.63) is 48.6 Å². The Bertz CT molecular complexity index is 754. The number of amidine groups is 1. The molecule has 0 aliphatic heterocycles. The Kier molecular flexibility index (Phi) is 36.6. The molecule has 5 nitrogen and oxygen atoms in total. The first-order valence-electron chi connectivity index (χ1n) is 19.9. The molecule has 0 spiro atoms. The van der Waals surface area contributed by atoms with Crippen molar-refractivity contribution in [2.75, 3.05) is 26.2 Å². The second-order valence-electron chi connectivity index (χ2n) is 13.3. The highest BCUT2D eigenvalue weighted by Crippen LogP contribution is 2.12. The average molecular weight is 656 g/mol. The third-order valence-electron chi connectivity index (χ3n) is 8.62. The van der Waals surface area contributed by atoms with E-state index in [0.717, 1.165) is 32.5 Å². The van der Waals surface area contributed by atoms with Crippen LogP contribution in [0.25, 0.3) is 0 Å². The van der Waals surface area contributed by atoms with Crippen LogP contribution in [0.15, 0.2) is 48.6 Å². The number of hydrogen-bond donors (Lipinski definition) is 2. The van der Waals surface area contributed by atoms with Crippen molar-refractivity contribution >= 4 is 11.8 Å². The van der Waals surface area contributed by atoms with Crippen molar-refractivity contribution in [3.8, 4) is 0 Å². The number of nitrogens with two attached hydrogens (primary N) is 1. The summed E-state index contributed by atoms with van der Waals surface area (Å²) >= 11 is 0. The molecule has 0 saturated heterocycles. The van der Waals surface area contributed by atoms with Crippen molar-refractivity contribution in [2.24, 2.45) is 5.73 Å². The molecule has 0 heterocycles. The van der Waals surface area contributed by atoms with Gasteiger partial charge >= 0.3 is 5.97 Å². The SMILES string of the molecule is CCCCC/C=C\C/C=C\CCCCCCCCN(CCCCCCCC/C=C\C/C=C\CCCCC)CCOC(=O)CCC(=N)N. The largest absolute Gasteiger partial charge is 0.464 e. The number of carbonyl (C=O) groups excluding carboxylic acids is 1. The monoisotopic (exact) mass is 656 g/mol. The Balaban J connectivity index is 4.04. The lowest BCUT2D eigenvalue weighted by molar-refractivity contribution is -0.143. The number of ether oxygens (including phenoxy) is 1. The number of allylic oxidation sites excluding steroid dienone is 8. The fourth-order valence-corrected chi connectivity index (χ4v) is 5.58. The van der Waals surface area contributed by atoms with Crippen LogP contribution in [-0.2, 0) is 9.53 Å². The zero-order valence-electron chi connectivity index (χ0n) is 31.2. The zero-order valence-corrected chi connectivity index (χ0v) is 31.2. The van der Waals surface area contributed by atoms with Crippen LogP contribution < -0.4 is 5.73 Å². The number of nitrogens with zero attached hydrogens (tertiary/aromatic N) is 1. The van der Waals surface area contributed by atoms with E-state index in [2.05, 4.69) is 67.4 Å². The molecule has 0 amide bonds. The molecule has 0 aliphatic rings. The third kappa shape index (κ3) is 38.2. The maximum absolute atomic E-state index is 12.0. The third-order valence-corrected chi connectivity index (χ3v) is 8.62. The van der Waals surface area contributed by atoms with E-state index in [1.807, 2.05) is 0 Å². The van der Waals surface area contributed by atoms with E-state index in [1.165, 1.54) is 141 Å². The molecular formula is C42H77N3O2. The molecule has 0 aromatic rings. The van der Waals surface area contributed by atoms with E-state index in [9.17, 15) is 4.79 Å². The van der Waals surface area contributed by atoms with Crippen LogP contribution >= 0.6 is 0 Å². The topological polar surface area (TPSA) is 79.4 Å². The van der Waals surface area contributed by atoms with E-state index in [-0.39, 0.29) is 24.6 Å². The fourth-order valence-electron chi connectivity index (χ4n) is 5.58. The van der Waals surface area contributed by atoms with Crippen molar-refractivity contribution in [1.29, 1.82) is 5.41 Å². The smallest absolute Gasteiger partial charge is 0.306 e. The summed E-state index contributed by atoms with van der Waals surface area (Å²) in [5, 5.41) is 7.30. The first-order chi connectivity index (χ1) is 23.1. The van der Waals surface area contributed by atoms with Gasteiger partial charge < -0.3 is 10.5 Å². The quantitative estimate of drug-likeness (QED) is 0.0231. The van der Waals surface area contributed by atoms with Crippen LogP contribution in [0.5, 0.6) is 0 Å². The molecule has 0 atom stereocenters. The van der Waals surface area contributed by atoms with Gasteiger partial charge in [0.25, 0.3) is 0 Å². The predicted molar refractivity (Wildman–Crippen MR) is 207 cm³/mol. The standard InChI is InChI=1S/C42H77N3O2/c1-3-5-7-9-11-13-15-17-19-21-23-25-27-29-31-33-37-45(39-40-47-42(46)36-35-41(43)44)38-34-32-30-28-26-24-22-20-18-16-14-12-10-8-6-4-2/h11-14,17-20H,3-10,15-16,21-40H2,1-2H3,(H3,43,44)/b13-11-,14-12-,19-17-,20-18-. The molecule has 0 fully saturated rings. The highest BCUT2D eigenvalue weighted by atomic mass is 16.5. The van der Waals surface area contributed by atoms with Crippen molar-refractivity contribution in [1.82, 2.24) is 4.90 Å². The van der Waals surface area contributed by atoms with E-state index >= 15 is 0 Å². The number of unbranched alkanes of at least 4 members (excludes halogenated alkanes) is 18. The second kappa shape index (κ2) is 38.3. The minimum atomic E-state index is -0.248. The van der Waals surface area contributed by atoms with Gasteiger partial charge in [0, 0.05) is 13.0 Å². The van der Waals surface area contributed by atoms with Gasteiger partial charge in [-0.05, 0) is 90.1 Å². The van der Waals surface area contributed by atoms with Gasteiger partial charge in [-0.1, -0.05) is 140 Å². The lowest BCUT2D eigenvalue weighted by Crippen LogP contribution is -2.30. The number of esters is 1. The number of carbonyl (C=O) groups is 1. The Hall–Kier alpha value is -2.14. The first kappa shape index (κ1) is 44.9. The highest BCUT2D eigenvalue weighted by Gasteiger charge is 2.08. The van der Waals surface area contributed by atoms with Gasteiger partial charge in [-0.2, -0.15) is 0 Å². The molecule has 5 heteroatoms. The summed E-state index contributed by atoms with van der Waals surface area (Å²) in [4.78, 5) is 14.4. The molecule has 0 bridgehead atoms. The lowest BCUT2D eigenvalue weighted by atomic mass is 10.1. The number of hydrogen-bond acceptors (Lipinski definition) is 4. The van der Waals surface area contributed by atoms with Gasteiger partial charge in [0.2, 0.25) is 0 Å². The molecule has 0 radical (unpaired) electrons. The normalized spacial score (nSPS) is 12.1. The summed E-state index contributed by atoms with van der Waals surface area (Å²) in [6.07, 6.45) is 49.6. The summed E-state index contributed by atoms with van der Waals surface area (Å²) in [7, 11) is 0. The van der Waals surface area contributed by atoms with Gasteiger partial charge in [-0.25, -0.2) is 0 Å². The summed E-state index contributed by atoms with van der Waals surface area (Å²) in [5.41, 5.74) is 5.38. The van der Waals surface area contributed by atoms with Crippen LogP contribution in [0.1, 0.15) is 181 Å². The van der Waals surface area contributed by atoms with Crippen LogP contribution in [-0.4, -0.2) is 42.9 Å². The summed E-state index contributed by atoms with van der Waals surface area (Å²) in [5.74, 6) is -0.207. The van der Waals surface area contributed by atoms with Crippen LogP contribution in [0.4, 0.5) is 0 Å². The minimum absolute atomic E-state index is 0.0401. The molecule has 0 aromatic carbocycles. The molecule has 3 N–H and O–H groups in total. The van der Waals surface area contributed by atoms with Crippen molar-refractivity contribution in [2.45, 2.75) is 181 Å². The molecule has 0 aromatic heterocycles. The first-order valence-corrected chi connectivity index (χ1v) is 19.9. The van der Waals surface area contributed by atoms with Crippen LogP contribution in [0, 0.1) is 5.41 Å². The van der Waals surface area contributed by atoms with Crippen molar-refractivity contribution in [3.63, 3.8) is 0 Å². The molecule has 0 rings (SSSR count). The Morgan fingerprint density at radius 3 is 1.32 bits per heavy atom. The van der Waals surface area contributed by atoms with E-state index in [0.29, 0.717) is 6.61 Å². The molecule has 0 aliphatic carbocycles. The zero-order chi connectivity index (χ0) is 34.3. The second-order valence-corrected chi connectivity index (χ2v) is 13.3. The average Bonchev–Trinajstić information content (AvgIpc) is 3.06. The number of nitrogens with one attached hydrogen (secondary N) is 1. The number of rotatable bonds is 36. The molecule has 0 unspecified atom stereocenters. The maximum atomic E-state index is 12.0. The summed E-state index contributed by atoms with van der Waals surface area (Å²) < 4.78 is 5.44. The fraction of sp³-hybridized carbons (Fsp3) is 0.762. The molecular weight excluding hydrogens is 578 g/mol. The minimum Gasteiger partial charge on any atom is -0.464 e. The molecule has 47 heavy (non-hydrogen) atoms. The van der Waals surface area contributed by atoms with Crippen LogP contribution in [0.3, 0.4) is 0 Å². The van der Waals surface area contributed by atoms with Gasteiger partial charge in [0.05, 0.1) is 12.3 Å². The predicted octanol–water partition coefficient (Wildman–Crippen LogP) is 12.2. The Labute approximate surface area is 292 Å². The summed E-state index contributed by atoms with van der Waals surface area (Å²) in [6, 6.07) is 0. The van der Waals surface area contributed by atoms with Crippen molar-refractivity contribution < 1.29 is 9.53 Å². The molecule has 0 saturated carbocycles. The Morgan fingerprint density at radius 1 is 0.532 bits per heavy atom. The van der Waals surface area contributed by atoms with Gasteiger partial charge in [-0.3, -0.25) is 15.1 Å². The summed E-state index contributed by atoms with van der Waals surface area (Å²) in [6.45, 7) is 7.91. The Morgan fingerprint density at radius 2 is 0.915 bits per heavy atom. The van der Waals surface area contributed by atoms with Gasteiger partial charge in [0.15, 0.2) is 0 Å². The maximum Gasteiger partial charge on any atom is 0.306 e. The highest BCUT2D eigenvalue weighted by molar-refractivity contribution is 5.81.